The summed E-state index contributed by atoms with van der Waals surface area (Å²) in [4.78, 5) is 0. The Bertz CT molecular complexity index is 2150. The first kappa shape index (κ1) is 55.4. The van der Waals surface area contributed by atoms with Crippen molar-refractivity contribution in [2.45, 2.75) is 62.1 Å². The number of benzene rings is 5. The summed E-state index contributed by atoms with van der Waals surface area (Å²) in [5, 5.41) is 0. The molecule has 0 aliphatic heterocycles. The van der Waals surface area contributed by atoms with Gasteiger partial charge in [0.15, 0.2) is 0 Å². The predicted octanol–water partition coefficient (Wildman–Crippen LogP) is 13.6. The topological polar surface area (TPSA) is 0 Å². The number of hydrogen-bond donors (Lipinski definition) is 0. The summed E-state index contributed by atoms with van der Waals surface area (Å²) in [6.07, 6.45) is -50.2. The van der Waals surface area contributed by atoms with Crippen LogP contribution in [0.5, 0.6) is 0 Å². The van der Waals surface area contributed by atoms with E-state index in [-0.39, 0.29) is 0 Å². The molecule has 5 rings (SSSR count). The van der Waals surface area contributed by atoms with Gasteiger partial charge in [0.2, 0.25) is 0 Å². The summed E-state index contributed by atoms with van der Waals surface area (Å²) in [7, 11) is 0.523. The Balaban J connectivity index is 0.000000802. The highest BCUT2D eigenvalue weighted by Gasteiger charge is 2.47. The maximum Gasteiger partial charge on any atom is 0.416 e. The van der Waals surface area contributed by atoms with E-state index < -0.39 is 195 Å². The van der Waals surface area contributed by atoms with E-state index in [1.54, 1.807) is 0 Å². The molecular weight excluding hydrogens is 1000 g/mol. The summed E-state index contributed by atoms with van der Waals surface area (Å²) < 4.78 is 341. The number of rotatable bonds is 6. The minimum Gasteiger partial charge on any atom is -0.194 e. The molecule has 5 aromatic carbocycles. The van der Waals surface area contributed by atoms with E-state index in [2.05, 4.69) is 43.7 Å². The van der Waals surface area contributed by atoms with Gasteiger partial charge < -0.3 is 0 Å². The average Bonchev–Trinajstić information content (AvgIpc) is 3.16. The van der Waals surface area contributed by atoms with Crippen LogP contribution in [0.1, 0.15) is 55.6 Å². The fourth-order valence-corrected chi connectivity index (χ4v) is 8.10. The van der Waals surface area contributed by atoms with Gasteiger partial charge in [0.05, 0.1) is 57.0 Å². The molecule has 26 heteroatoms. The number of aryl methyl sites for hydroxylation is 1. The van der Waals surface area contributed by atoms with Crippen molar-refractivity contribution in [3.05, 3.63) is 153 Å². The van der Waals surface area contributed by atoms with E-state index in [1.165, 1.54) is 16.9 Å². The van der Waals surface area contributed by atoms with E-state index >= 15 is 0 Å². The molecule has 0 radical (unpaired) electrons. The van der Waals surface area contributed by atoms with Gasteiger partial charge in [-0.3, -0.25) is 0 Å². The fourth-order valence-electron chi connectivity index (χ4n) is 7.15. The molecule has 5 aromatic rings. The molecule has 372 valence electrons. The maximum atomic E-state index is 14.2. The first-order chi connectivity index (χ1) is 30.5. The van der Waals surface area contributed by atoms with Crippen molar-refractivity contribution >= 4 is 38.9 Å². The van der Waals surface area contributed by atoms with Gasteiger partial charge in [-0.2, -0.15) is 127 Å². The third-order valence-electron chi connectivity index (χ3n) is 10.1. The quantitative estimate of drug-likeness (QED) is 0.0903. The molecule has 68 heavy (non-hydrogen) atoms. The van der Waals surface area contributed by atoms with Gasteiger partial charge in [-0.1, -0.05) is 72.8 Å². The second-order valence-corrected chi connectivity index (χ2v) is 17.5. The van der Waals surface area contributed by atoms with Crippen LogP contribution in [-0.2, 0) is 66.1 Å². The van der Waals surface area contributed by atoms with Gasteiger partial charge >= 0.3 is 49.4 Å². The third kappa shape index (κ3) is 12.9. The van der Waals surface area contributed by atoms with Crippen LogP contribution in [-0.4, -0.2) is 18.7 Å². The summed E-state index contributed by atoms with van der Waals surface area (Å²) in [6.45, 7) is 2.18. The Kier molecular flexibility index (Phi) is 15.2. The summed E-state index contributed by atoms with van der Waals surface area (Å²) in [5.74, 6) is 1.23. The van der Waals surface area contributed by atoms with Gasteiger partial charge in [0.25, 0.3) is 0 Å². The third-order valence-corrected chi connectivity index (χ3v) is 11.0. The van der Waals surface area contributed by atoms with Crippen molar-refractivity contribution < 1.29 is 105 Å². The molecular formula is C42H27BF24S. The normalized spacial score (nSPS) is 13.7. The highest BCUT2D eigenvalue weighted by Crippen LogP contribution is 2.41. The van der Waals surface area contributed by atoms with Crippen molar-refractivity contribution in [2.75, 3.05) is 12.5 Å². The van der Waals surface area contributed by atoms with Crippen LogP contribution in [0.3, 0.4) is 0 Å². The molecule has 0 heterocycles. The largest absolute Gasteiger partial charge is 0.416 e. The average molecular weight is 1030 g/mol. The van der Waals surface area contributed by atoms with Crippen LogP contribution in [0, 0.1) is 6.92 Å². The van der Waals surface area contributed by atoms with E-state index in [4.69, 9.17) is 0 Å². The van der Waals surface area contributed by atoms with Crippen LogP contribution >= 0.6 is 0 Å². The SMILES string of the molecule is Cc1ccccc1C[S+](C)C.FC(F)(F)c1cc([B-](c2cc(C(F)(F)F)cc(C(F)(F)F)c2)(c2cc(C(F)(F)F)cc(C(F)(F)F)c2)c2cc(C(F)(F)F)cc(C(F)(F)F)c2)cc(C(F)(F)F)c1. The Morgan fingerprint density at radius 2 is 0.515 bits per heavy atom. The minimum absolute atomic E-state index is 0.523. The van der Waals surface area contributed by atoms with Gasteiger partial charge in [-0.15, -0.1) is 0 Å². The summed E-state index contributed by atoms with van der Waals surface area (Å²) in [5.41, 5.74) is -27.3. The molecule has 0 aromatic heterocycles. The second kappa shape index (κ2) is 18.6. The Hall–Kier alpha value is -5.17. The molecule has 0 unspecified atom stereocenters. The molecule has 0 saturated carbocycles. The second-order valence-electron chi connectivity index (χ2n) is 15.3. The van der Waals surface area contributed by atoms with Gasteiger partial charge in [-0.05, 0) is 47.6 Å². The number of halogens is 24. The molecule has 0 amide bonds. The van der Waals surface area contributed by atoms with Crippen LogP contribution in [0.15, 0.2) is 97.1 Å². The summed E-state index contributed by atoms with van der Waals surface area (Å²) in [6, 6.07) is -0.183. The van der Waals surface area contributed by atoms with Gasteiger partial charge in [0.1, 0.15) is 11.9 Å². The molecule has 0 spiro atoms. The Labute approximate surface area is 371 Å². The molecule has 0 aliphatic rings. The first-order valence-electron chi connectivity index (χ1n) is 18.4. The lowest BCUT2D eigenvalue weighted by atomic mass is 9.12. The maximum absolute atomic E-state index is 14.2. The first-order valence-corrected chi connectivity index (χ1v) is 20.6. The van der Waals surface area contributed by atoms with Crippen LogP contribution < -0.4 is 21.9 Å². The fraction of sp³-hybridized carbons (Fsp3) is 0.286. The van der Waals surface area contributed by atoms with E-state index in [0.29, 0.717) is 10.9 Å². The van der Waals surface area contributed by atoms with E-state index in [9.17, 15) is 105 Å². The standard InChI is InChI=1S/C32H12BF24.C10H15S/c34-25(35,36)13-1-14(26(37,38)39)6-21(5-13)33(22-7-15(27(40,41)42)2-16(8-22)28(43,44)45,23-9-17(29(46,47)48)3-18(10-23)30(49,50)51)24-11-19(31(52,53)54)4-20(12-24)32(55,56)57;1-9-6-4-5-7-10(9)8-11(2)3/h1-12H;4-7H,8H2,1-3H3/q-1;+1. The zero-order chi connectivity index (χ0) is 52.2. The van der Waals surface area contributed by atoms with Gasteiger partial charge in [0, 0.05) is 5.56 Å². The van der Waals surface area contributed by atoms with Crippen molar-refractivity contribution in [1.29, 1.82) is 0 Å². The van der Waals surface area contributed by atoms with E-state index in [1.807, 2.05) is 0 Å². The molecule has 0 bridgehead atoms. The molecule has 0 aliphatic carbocycles. The lowest BCUT2D eigenvalue weighted by molar-refractivity contribution is -0.144. The smallest absolute Gasteiger partial charge is 0.194 e. The predicted molar refractivity (Wildman–Crippen MR) is 204 cm³/mol. The Morgan fingerprint density at radius 3 is 0.676 bits per heavy atom. The van der Waals surface area contributed by atoms with Gasteiger partial charge in [-0.25, -0.2) is 0 Å². The number of alkyl halides is 24. The van der Waals surface area contributed by atoms with Crippen LogP contribution in [0.25, 0.3) is 0 Å². The van der Waals surface area contributed by atoms with Crippen LogP contribution in [0.2, 0.25) is 0 Å². The van der Waals surface area contributed by atoms with Crippen molar-refractivity contribution in [3.8, 4) is 0 Å². The molecule has 0 fully saturated rings. The highest BCUT2D eigenvalue weighted by atomic mass is 32.2. The monoisotopic (exact) mass is 1030 g/mol. The molecule has 0 saturated heterocycles. The lowest BCUT2D eigenvalue weighted by Crippen LogP contribution is -2.75. The van der Waals surface area contributed by atoms with E-state index in [0.717, 1.165) is 0 Å². The van der Waals surface area contributed by atoms with Crippen LogP contribution in [0.4, 0.5) is 105 Å². The lowest BCUT2D eigenvalue weighted by Gasteiger charge is -2.46. The molecule has 0 nitrogen and oxygen atoms in total. The zero-order valence-corrected chi connectivity index (χ0v) is 34.8. The Morgan fingerprint density at radius 1 is 0.324 bits per heavy atom. The summed E-state index contributed by atoms with van der Waals surface area (Å²) >= 11 is 0. The van der Waals surface area contributed by atoms with Crippen molar-refractivity contribution in [2.24, 2.45) is 0 Å². The van der Waals surface area contributed by atoms with Crippen molar-refractivity contribution in [3.63, 3.8) is 0 Å². The van der Waals surface area contributed by atoms with Crippen molar-refractivity contribution in [1.82, 2.24) is 0 Å². The highest BCUT2D eigenvalue weighted by molar-refractivity contribution is 7.94. The minimum atomic E-state index is -6.13. The number of hydrogen-bond acceptors (Lipinski definition) is 0. The molecule has 0 N–H and O–H groups in total. The molecule has 0 atom stereocenters. The zero-order valence-electron chi connectivity index (χ0n) is 34.0.